The summed E-state index contributed by atoms with van der Waals surface area (Å²) in [7, 11) is 0. The Morgan fingerprint density at radius 3 is 2.87 bits per heavy atom. The van der Waals surface area contributed by atoms with Crippen LogP contribution in [0.15, 0.2) is 18.5 Å². The highest BCUT2D eigenvalue weighted by Gasteiger charge is 2.05. The quantitative estimate of drug-likeness (QED) is 0.813. The zero-order valence-corrected chi connectivity index (χ0v) is 11.0. The third-order valence-electron chi connectivity index (χ3n) is 2.21. The number of hydrogen-bond acceptors (Lipinski definition) is 2. The van der Waals surface area contributed by atoms with Crippen LogP contribution in [0, 0.1) is 10.5 Å². The van der Waals surface area contributed by atoms with Crippen molar-refractivity contribution in [1.29, 1.82) is 0 Å². The van der Waals surface area contributed by atoms with Crippen LogP contribution in [-0.2, 0) is 13.1 Å². The number of hydrogen-bond donors (Lipinski definition) is 0. The minimum Gasteiger partial charge on any atom is -0.268 e. The minimum atomic E-state index is 0.789. The van der Waals surface area contributed by atoms with Gasteiger partial charge in [-0.05, 0) is 42.5 Å². The van der Waals surface area contributed by atoms with Gasteiger partial charge in [0.2, 0.25) is 0 Å². The molecule has 0 bridgehead atoms. The summed E-state index contributed by atoms with van der Waals surface area (Å²) in [5, 5.41) is 8.67. The van der Waals surface area contributed by atoms with E-state index in [1.54, 1.807) is 0 Å². The maximum atomic E-state index is 4.41. The Kier molecular flexibility index (Phi) is 3.08. The van der Waals surface area contributed by atoms with Crippen molar-refractivity contribution in [2.24, 2.45) is 0 Å². The topological polar surface area (TPSA) is 35.6 Å². The molecular weight excluding hydrogens is 303 g/mol. The first-order valence-corrected chi connectivity index (χ1v) is 5.98. The molecule has 2 rings (SSSR count). The lowest BCUT2D eigenvalue weighted by atomic mass is 10.3. The van der Waals surface area contributed by atoms with Gasteiger partial charge in [0.25, 0.3) is 0 Å². The second kappa shape index (κ2) is 4.34. The smallest absolute Gasteiger partial charge is 0.0828 e. The fourth-order valence-corrected chi connectivity index (χ4v) is 2.04. The fraction of sp³-hybridized carbons (Fsp3) is 0.400. The molecule has 2 heterocycles. The molecule has 0 aliphatic carbocycles. The van der Waals surface area contributed by atoms with Gasteiger partial charge in [-0.3, -0.25) is 9.36 Å². The molecule has 0 atom stereocenters. The second-order valence-corrected chi connectivity index (χ2v) is 4.69. The fourth-order valence-electron chi connectivity index (χ4n) is 1.59. The van der Waals surface area contributed by atoms with Crippen molar-refractivity contribution in [2.75, 3.05) is 0 Å². The number of aryl methyl sites for hydroxylation is 2. The Morgan fingerprint density at radius 1 is 1.47 bits per heavy atom. The SMILES string of the molecule is CCn1nc(C)cc1Cn1cc(I)cn1. The van der Waals surface area contributed by atoms with Gasteiger partial charge in [-0.2, -0.15) is 10.2 Å². The average Bonchev–Trinajstić information content (AvgIpc) is 2.73. The minimum absolute atomic E-state index is 0.789. The predicted molar refractivity (Wildman–Crippen MR) is 66.7 cm³/mol. The highest BCUT2D eigenvalue weighted by molar-refractivity contribution is 14.1. The third kappa shape index (κ3) is 2.39. The van der Waals surface area contributed by atoms with E-state index in [9.17, 15) is 0 Å². The Labute approximate surface area is 102 Å². The van der Waals surface area contributed by atoms with Crippen LogP contribution in [0.2, 0.25) is 0 Å². The molecule has 0 fully saturated rings. The summed E-state index contributed by atoms with van der Waals surface area (Å²) >= 11 is 2.26. The van der Waals surface area contributed by atoms with Gasteiger partial charge < -0.3 is 0 Å². The maximum Gasteiger partial charge on any atom is 0.0828 e. The lowest BCUT2D eigenvalue weighted by molar-refractivity contribution is 0.575. The zero-order valence-electron chi connectivity index (χ0n) is 8.81. The summed E-state index contributed by atoms with van der Waals surface area (Å²) in [5.74, 6) is 0. The predicted octanol–water partition coefficient (Wildman–Crippen LogP) is 2.06. The van der Waals surface area contributed by atoms with E-state index in [0.717, 1.165) is 22.4 Å². The van der Waals surface area contributed by atoms with Gasteiger partial charge in [-0.15, -0.1) is 0 Å². The molecule has 0 aliphatic heterocycles. The monoisotopic (exact) mass is 316 g/mol. The van der Waals surface area contributed by atoms with Gasteiger partial charge in [0, 0.05) is 12.7 Å². The summed E-state index contributed by atoms with van der Waals surface area (Å²) in [6, 6.07) is 2.11. The highest BCUT2D eigenvalue weighted by Crippen LogP contribution is 2.07. The first kappa shape index (κ1) is 10.7. The van der Waals surface area contributed by atoms with Crippen LogP contribution in [0.1, 0.15) is 18.3 Å². The molecular formula is C10H13IN4. The highest BCUT2D eigenvalue weighted by atomic mass is 127. The molecule has 0 aliphatic rings. The summed E-state index contributed by atoms with van der Waals surface area (Å²) in [6.07, 6.45) is 3.89. The summed E-state index contributed by atoms with van der Waals surface area (Å²) in [6.45, 7) is 5.81. The summed E-state index contributed by atoms with van der Waals surface area (Å²) in [4.78, 5) is 0. The van der Waals surface area contributed by atoms with Gasteiger partial charge in [0.1, 0.15) is 0 Å². The van der Waals surface area contributed by atoms with E-state index in [-0.39, 0.29) is 0 Å². The molecule has 0 unspecified atom stereocenters. The van der Waals surface area contributed by atoms with Gasteiger partial charge >= 0.3 is 0 Å². The van der Waals surface area contributed by atoms with Gasteiger partial charge in [0.15, 0.2) is 0 Å². The van der Waals surface area contributed by atoms with Crippen molar-refractivity contribution in [3.63, 3.8) is 0 Å². The van der Waals surface area contributed by atoms with Gasteiger partial charge in [-0.25, -0.2) is 0 Å². The number of nitrogens with zero attached hydrogens (tertiary/aromatic N) is 4. The lowest BCUT2D eigenvalue weighted by Gasteiger charge is -2.04. The lowest BCUT2D eigenvalue weighted by Crippen LogP contribution is -2.08. The van der Waals surface area contributed by atoms with E-state index in [0.29, 0.717) is 0 Å². The van der Waals surface area contributed by atoms with Crippen LogP contribution in [0.5, 0.6) is 0 Å². The van der Waals surface area contributed by atoms with Crippen molar-refractivity contribution in [1.82, 2.24) is 19.6 Å². The molecule has 0 N–H and O–H groups in total. The van der Waals surface area contributed by atoms with E-state index in [4.69, 9.17) is 0 Å². The molecule has 2 aromatic heterocycles. The average molecular weight is 316 g/mol. The van der Waals surface area contributed by atoms with Gasteiger partial charge in [0.05, 0.1) is 27.7 Å². The Balaban J connectivity index is 2.23. The van der Waals surface area contributed by atoms with Crippen LogP contribution < -0.4 is 0 Å². The standard InChI is InChI=1S/C10H13IN4/c1-3-15-10(4-8(2)13-15)7-14-6-9(11)5-12-14/h4-6H,3,7H2,1-2H3. The first-order valence-electron chi connectivity index (χ1n) is 4.90. The van der Waals surface area contributed by atoms with Crippen LogP contribution in [-0.4, -0.2) is 19.6 Å². The molecule has 0 spiro atoms. The first-order chi connectivity index (χ1) is 7.19. The molecule has 0 saturated carbocycles. The third-order valence-corrected chi connectivity index (χ3v) is 2.77. The summed E-state index contributed by atoms with van der Waals surface area (Å²) in [5.41, 5.74) is 2.27. The number of halogens is 1. The Hall–Kier alpha value is -0.850. The number of rotatable bonds is 3. The summed E-state index contributed by atoms with van der Waals surface area (Å²) < 4.78 is 5.11. The van der Waals surface area contributed by atoms with Gasteiger partial charge in [-0.1, -0.05) is 0 Å². The maximum absolute atomic E-state index is 4.41. The largest absolute Gasteiger partial charge is 0.268 e. The van der Waals surface area contributed by atoms with E-state index in [1.165, 1.54) is 5.69 Å². The molecule has 80 valence electrons. The second-order valence-electron chi connectivity index (χ2n) is 3.45. The molecule has 0 aromatic carbocycles. The zero-order chi connectivity index (χ0) is 10.8. The van der Waals surface area contributed by atoms with Crippen molar-refractivity contribution in [2.45, 2.75) is 26.9 Å². The molecule has 2 aromatic rings. The number of aromatic nitrogens is 4. The van der Waals surface area contributed by atoms with Crippen LogP contribution in [0.4, 0.5) is 0 Å². The molecule has 0 saturated heterocycles. The molecule has 15 heavy (non-hydrogen) atoms. The van der Waals surface area contributed by atoms with Crippen LogP contribution in [0.25, 0.3) is 0 Å². The molecule has 0 radical (unpaired) electrons. The van der Waals surface area contributed by atoms with Crippen molar-refractivity contribution in [3.8, 4) is 0 Å². The Morgan fingerprint density at radius 2 is 2.27 bits per heavy atom. The van der Waals surface area contributed by atoms with Crippen LogP contribution in [0.3, 0.4) is 0 Å². The molecule has 4 nitrogen and oxygen atoms in total. The van der Waals surface area contributed by atoms with Crippen molar-refractivity contribution in [3.05, 3.63) is 33.4 Å². The van der Waals surface area contributed by atoms with Crippen LogP contribution >= 0.6 is 22.6 Å². The van der Waals surface area contributed by atoms with E-state index in [1.807, 2.05) is 28.7 Å². The van der Waals surface area contributed by atoms with E-state index < -0.39 is 0 Å². The van der Waals surface area contributed by atoms with Crippen molar-refractivity contribution >= 4 is 22.6 Å². The van der Waals surface area contributed by atoms with E-state index >= 15 is 0 Å². The molecule has 5 heteroatoms. The van der Waals surface area contributed by atoms with E-state index in [2.05, 4.69) is 45.8 Å². The normalized spacial score (nSPS) is 10.9. The van der Waals surface area contributed by atoms with Crippen molar-refractivity contribution < 1.29 is 0 Å². The Bertz CT molecular complexity index is 458. The molecule has 0 amide bonds.